The van der Waals surface area contributed by atoms with E-state index in [4.69, 9.17) is 9.52 Å². The minimum Gasteiger partial charge on any atom is -0.542 e. The Morgan fingerprint density at radius 2 is 1.25 bits per heavy atom. The van der Waals surface area contributed by atoms with E-state index in [-0.39, 0.29) is 0 Å². The van der Waals surface area contributed by atoms with Gasteiger partial charge in [-0.2, -0.15) is 5.10 Å². The van der Waals surface area contributed by atoms with Crippen LogP contribution in [0.5, 0.6) is 5.75 Å². The van der Waals surface area contributed by atoms with E-state index >= 15 is 0 Å². The van der Waals surface area contributed by atoms with E-state index in [9.17, 15) is 0 Å². The van der Waals surface area contributed by atoms with Crippen LogP contribution in [0.3, 0.4) is 0 Å². The van der Waals surface area contributed by atoms with Gasteiger partial charge in [0.25, 0.3) is 0 Å². The predicted octanol–water partition coefficient (Wildman–Crippen LogP) is 7.11. The summed E-state index contributed by atoms with van der Waals surface area (Å²) in [4.78, 5) is 0. The lowest BCUT2D eigenvalue weighted by atomic mass is 9.77. The first-order valence-corrected chi connectivity index (χ1v) is 14.6. The maximum atomic E-state index is 6.54. The van der Waals surface area contributed by atoms with E-state index in [1.54, 1.807) is 0 Å². The summed E-state index contributed by atoms with van der Waals surface area (Å²) >= 11 is 0. The van der Waals surface area contributed by atoms with E-state index in [0.29, 0.717) is 0 Å². The molecule has 0 saturated heterocycles. The number of benzene rings is 3. The molecule has 0 radical (unpaired) electrons. The fraction of sp³-hybridized carbons (Fsp3) is 0.250. The van der Waals surface area contributed by atoms with Gasteiger partial charge in [-0.15, -0.1) is 0 Å². The second-order valence-corrected chi connectivity index (χ2v) is 13.1. The second-order valence-electron chi connectivity index (χ2n) is 8.89. The highest BCUT2D eigenvalue weighted by atomic mass is 28.4. The van der Waals surface area contributed by atoms with E-state index in [1.807, 2.05) is 6.20 Å². The summed E-state index contributed by atoms with van der Waals surface area (Å²) in [6, 6.07) is 33.0. The number of rotatable bonds is 9. The van der Waals surface area contributed by atoms with Crippen LogP contribution in [0.15, 0.2) is 103 Å². The molecule has 3 nitrogen and oxygen atoms in total. The summed E-state index contributed by atoms with van der Waals surface area (Å²) < 4.78 is 8.62. The lowest BCUT2D eigenvalue weighted by Gasteiger charge is -2.36. The van der Waals surface area contributed by atoms with Gasteiger partial charge in [0, 0.05) is 0 Å². The fourth-order valence-corrected chi connectivity index (χ4v) is 6.50. The van der Waals surface area contributed by atoms with Crippen molar-refractivity contribution in [3.05, 3.63) is 120 Å². The molecule has 4 aromatic rings. The Balaban J connectivity index is 1.89. The number of unbranched alkanes of at least 4 members (excludes halogenated alkanes) is 1. The van der Waals surface area contributed by atoms with Crippen LogP contribution in [0.25, 0.3) is 0 Å². The van der Waals surface area contributed by atoms with Crippen molar-refractivity contribution in [1.29, 1.82) is 0 Å². The highest BCUT2D eigenvalue weighted by Crippen LogP contribution is 2.41. The van der Waals surface area contributed by atoms with E-state index in [1.165, 1.54) is 12.8 Å². The molecule has 0 atom stereocenters. The zero-order chi connectivity index (χ0) is 22.4. The Bertz CT molecular complexity index is 1010. The van der Waals surface area contributed by atoms with Crippen molar-refractivity contribution < 1.29 is 4.43 Å². The van der Waals surface area contributed by atoms with Crippen molar-refractivity contribution in [3.8, 4) is 5.75 Å². The molecule has 32 heavy (non-hydrogen) atoms. The van der Waals surface area contributed by atoms with Gasteiger partial charge in [-0.1, -0.05) is 111 Å². The minimum absolute atomic E-state index is 0.597. The van der Waals surface area contributed by atoms with Gasteiger partial charge < -0.3 is 4.43 Å². The van der Waals surface area contributed by atoms with Gasteiger partial charge in [-0.25, -0.2) is 4.68 Å². The Morgan fingerprint density at radius 3 is 1.69 bits per heavy atom. The molecule has 0 aliphatic carbocycles. The number of nitrogens with zero attached hydrogens (tertiary/aromatic N) is 2. The zero-order valence-corrected chi connectivity index (χ0v) is 20.2. The smallest absolute Gasteiger partial charge is 0.245 e. The standard InChI is InChI=1S/C28H32N2OSi/c1-4-5-21-32(2,3)31-27-22-29-30(23-27)28(24-15-9-6-10-16-24,25-17-11-7-12-18-25)26-19-13-8-14-20-26/h6-20,22-23H,4-5,21H2,1-3H3. The van der Waals surface area contributed by atoms with Crippen LogP contribution in [-0.2, 0) is 5.54 Å². The summed E-state index contributed by atoms with van der Waals surface area (Å²) in [5, 5.41) is 4.90. The Kier molecular flexibility index (Phi) is 6.61. The van der Waals surface area contributed by atoms with Gasteiger partial charge in [0.1, 0.15) is 11.3 Å². The SMILES string of the molecule is CCCC[Si](C)(C)Oc1cnn(C(c2ccccc2)(c2ccccc2)c2ccccc2)c1. The Hall–Kier alpha value is -3.11. The van der Waals surface area contributed by atoms with Crippen LogP contribution in [0.1, 0.15) is 36.5 Å². The number of aromatic nitrogens is 2. The minimum atomic E-state index is -1.80. The van der Waals surface area contributed by atoms with Crippen molar-refractivity contribution in [3.63, 3.8) is 0 Å². The molecule has 0 amide bonds. The molecule has 1 aromatic heterocycles. The third-order valence-electron chi connectivity index (χ3n) is 6.00. The Morgan fingerprint density at radius 1 is 0.781 bits per heavy atom. The molecule has 0 N–H and O–H groups in total. The van der Waals surface area contributed by atoms with Gasteiger partial charge in [0.05, 0.1) is 12.4 Å². The molecule has 0 aliphatic rings. The average Bonchev–Trinajstić information content (AvgIpc) is 3.28. The third kappa shape index (κ3) is 4.41. The van der Waals surface area contributed by atoms with E-state index in [2.05, 4.69) is 122 Å². The molecule has 0 bridgehead atoms. The molecule has 4 heteroatoms. The number of hydrogen-bond donors (Lipinski definition) is 0. The van der Waals surface area contributed by atoms with Crippen LogP contribution < -0.4 is 4.43 Å². The first kappa shape index (κ1) is 22.1. The molecular weight excluding hydrogens is 408 g/mol. The van der Waals surface area contributed by atoms with Crippen LogP contribution >= 0.6 is 0 Å². The van der Waals surface area contributed by atoms with Crippen molar-refractivity contribution in [1.82, 2.24) is 9.78 Å². The molecule has 0 aliphatic heterocycles. The van der Waals surface area contributed by atoms with Crippen molar-refractivity contribution >= 4 is 8.32 Å². The van der Waals surface area contributed by atoms with E-state index < -0.39 is 13.9 Å². The van der Waals surface area contributed by atoms with Crippen molar-refractivity contribution in [2.45, 2.75) is 44.4 Å². The maximum absolute atomic E-state index is 6.54. The summed E-state index contributed by atoms with van der Waals surface area (Å²) in [6.07, 6.45) is 6.35. The Labute approximate surface area is 192 Å². The zero-order valence-electron chi connectivity index (χ0n) is 19.2. The average molecular weight is 441 g/mol. The molecule has 3 aromatic carbocycles. The van der Waals surface area contributed by atoms with E-state index in [0.717, 1.165) is 28.5 Å². The summed E-state index contributed by atoms with van der Waals surface area (Å²) in [5.74, 6) is 0.852. The lowest BCUT2D eigenvalue weighted by Crippen LogP contribution is -2.38. The molecular formula is C28H32N2OSi. The quantitative estimate of drug-likeness (QED) is 0.205. The normalized spacial score (nSPS) is 12.0. The van der Waals surface area contributed by atoms with Crippen LogP contribution in [-0.4, -0.2) is 18.1 Å². The lowest BCUT2D eigenvalue weighted by molar-refractivity contribution is 0.456. The second kappa shape index (κ2) is 9.57. The highest BCUT2D eigenvalue weighted by molar-refractivity contribution is 6.71. The molecule has 1 heterocycles. The van der Waals surface area contributed by atoms with Gasteiger partial charge in [-0.05, 0) is 35.8 Å². The van der Waals surface area contributed by atoms with Crippen molar-refractivity contribution in [2.24, 2.45) is 0 Å². The highest BCUT2D eigenvalue weighted by Gasteiger charge is 2.39. The fourth-order valence-electron chi connectivity index (χ4n) is 4.45. The van der Waals surface area contributed by atoms with Gasteiger partial charge in [0.15, 0.2) is 0 Å². The first-order chi connectivity index (χ1) is 15.6. The maximum Gasteiger partial charge on any atom is 0.245 e. The summed E-state index contributed by atoms with van der Waals surface area (Å²) in [7, 11) is -1.80. The predicted molar refractivity (Wildman–Crippen MR) is 135 cm³/mol. The summed E-state index contributed by atoms with van der Waals surface area (Å²) in [6.45, 7) is 6.81. The van der Waals surface area contributed by atoms with Crippen molar-refractivity contribution in [2.75, 3.05) is 0 Å². The van der Waals surface area contributed by atoms with Crippen LogP contribution in [0.2, 0.25) is 19.1 Å². The van der Waals surface area contributed by atoms with Gasteiger partial charge in [0.2, 0.25) is 8.32 Å². The van der Waals surface area contributed by atoms with Gasteiger partial charge >= 0.3 is 0 Å². The molecule has 0 unspecified atom stereocenters. The monoisotopic (exact) mass is 440 g/mol. The molecule has 0 fully saturated rings. The van der Waals surface area contributed by atoms with Gasteiger partial charge in [-0.3, -0.25) is 0 Å². The number of hydrogen-bond acceptors (Lipinski definition) is 2. The van der Waals surface area contributed by atoms with Crippen LogP contribution in [0, 0.1) is 0 Å². The third-order valence-corrected chi connectivity index (χ3v) is 8.35. The largest absolute Gasteiger partial charge is 0.542 e. The molecule has 0 spiro atoms. The molecule has 164 valence electrons. The summed E-state index contributed by atoms with van der Waals surface area (Å²) in [5.41, 5.74) is 2.89. The topological polar surface area (TPSA) is 27.1 Å². The molecule has 0 saturated carbocycles. The van der Waals surface area contributed by atoms with Crippen LogP contribution in [0.4, 0.5) is 0 Å². The molecule has 4 rings (SSSR count). The first-order valence-electron chi connectivity index (χ1n) is 11.5.